The van der Waals surface area contributed by atoms with Crippen molar-refractivity contribution in [1.29, 1.82) is 0 Å². The Labute approximate surface area is 281 Å². The standard InChI is InChI=1S/C39H43N3O6/c43-28-6-3-5-25(19-28)10-13-29(44)22-33-32-16-18-40-34(32)21-27(24-42-38-9-4-17-41-38)39(33)36(47)23-30(45)14-11-26-12-15-35(46)37(20-26)48-31-7-1-2-8-31/h3-6,9,12,15-21,29,31,33,39,41,43-44,46H,1-2,7-8,10-11,13-14,22-24H2/q-2/t29-,33-,39-/m1/s1. The number of carbonyl (C=O) groups is 2. The summed E-state index contributed by atoms with van der Waals surface area (Å²) in [4.78, 5) is 35.1. The van der Waals surface area contributed by atoms with Gasteiger partial charge in [0.25, 0.3) is 0 Å². The predicted octanol–water partition coefficient (Wildman–Crippen LogP) is 7.05. The molecule has 9 nitrogen and oxygen atoms in total. The number of aromatic amines is 1. The molecular weight excluding hydrogens is 606 g/mol. The molecule has 9 heteroatoms. The third-order valence-corrected chi connectivity index (χ3v) is 9.53. The number of ketones is 2. The summed E-state index contributed by atoms with van der Waals surface area (Å²) in [6, 6.07) is 17.8. The van der Waals surface area contributed by atoms with Crippen molar-refractivity contribution in [2.24, 2.45) is 5.92 Å². The predicted molar refractivity (Wildman–Crippen MR) is 184 cm³/mol. The van der Waals surface area contributed by atoms with Crippen molar-refractivity contribution in [1.82, 2.24) is 9.97 Å². The molecule has 6 rings (SSSR count). The van der Waals surface area contributed by atoms with Crippen LogP contribution in [0, 0.1) is 5.92 Å². The van der Waals surface area contributed by atoms with Crippen LogP contribution in [0.2, 0.25) is 0 Å². The Kier molecular flexibility index (Phi) is 10.7. The highest BCUT2D eigenvalue weighted by atomic mass is 16.5. The number of aliphatic hydroxyl groups excluding tert-OH is 1. The van der Waals surface area contributed by atoms with E-state index in [0.29, 0.717) is 37.3 Å². The lowest BCUT2D eigenvalue weighted by atomic mass is 9.71. The van der Waals surface area contributed by atoms with E-state index in [9.17, 15) is 24.9 Å². The summed E-state index contributed by atoms with van der Waals surface area (Å²) in [7, 11) is 0. The molecule has 1 saturated carbocycles. The molecule has 4 N–H and O–H groups in total. The molecule has 0 saturated heterocycles. The summed E-state index contributed by atoms with van der Waals surface area (Å²) in [5.41, 5.74) is 4.20. The van der Waals surface area contributed by atoms with Crippen LogP contribution in [0.4, 0.5) is 5.82 Å². The minimum absolute atomic E-state index is 0.0880. The number of Topliss-reactive ketones (excluding diaryl/α,β-unsaturated/α-hetero) is 2. The van der Waals surface area contributed by atoms with Crippen molar-refractivity contribution in [3.05, 3.63) is 106 Å². The van der Waals surface area contributed by atoms with Crippen LogP contribution in [0.3, 0.4) is 0 Å². The lowest BCUT2D eigenvalue weighted by Gasteiger charge is -2.36. The Bertz CT molecular complexity index is 1720. The fraction of sp³-hybridized carbons (Fsp3) is 0.385. The smallest absolute Gasteiger partial charge is 0.161 e. The highest BCUT2D eigenvalue weighted by molar-refractivity contribution is 6.02. The highest BCUT2D eigenvalue weighted by Gasteiger charge is 2.36. The van der Waals surface area contributed by atoms with Crippen molar-refractivity contribution >= 4 is 23.5 Å². The minimum Gasteiger partial charge on any atom is -0.664 e. The Morgan fingerprint density at radius 3 is 2.62 bits per heavy atom. The van der Waals surface area contributed by atoms with Crippen LogP contribution in [0.5, 0.6) is 17.2 Å². The number of rotatable bonds is 16. The lowest BCUT2D eigenvalue weighted by molar-refractivity contribution is -0.129. The van der Waals surface area contributed by atoms with Gasteiger partial charge in [-0.05, 0) is 99.2 Å². The monoisotopic (exact) mass is 649 g/mol. The Balaban J connectivity index is 1.15. The minimum atomic E-state index is -0.721. The number of hydrogen-bond acceptors (Lipinski definition) is 6. The fourth-order valence-corrected chi connectivity index (χ4v) is 7.06. The van der Waals surface area contributed by atoms with Crippen LogP contribution < -0.4 is 9.72 Å². The number of carbonyl (C=O) groups excluding carboxylic acids is 2. The molecule has 0 aliphatic heterocycles. The molecule has 2 aliphatic carbocycles. The van der Waals surface area contributed by atoms with E-state index in [1.165, 1.54) is 0 Å². The fourth-order valence-electron chi connectivity index (χ4n) is 7.06. The van der Waals surface area contributed by atoms with E-state index < -0.39 is 12.0 Å². The van der Waals surface area contributed by atoms with Crippen molar-refractivity contribution in [3.63, 3.8) is 0 Å². The molecule has 1 fully saturated rings. The van der Waals surface area contributed by atoms with Crippen LogP contribution in [0.1, 0.15) is 79.7 Å². The first kappa shape index (κ1) is 33.2. The third-order valence-electron chi connectivity index (χ3n) is 9.53. The highest BCUT2D eigenvalue weighted by Crippen LogP contribution is 2.43. The number of aryl methyl sites for hydroxylation is 2. The molecule has 0 bridgehead atoms. The summed E-state index contributed by atoms with van der Waals surface area (Å²) in [6.07, 6.45) is 10.7. The molecule has 0 spiro atoms. The first-order chi connectivity index (χ1) is 23.3. The van der Waals surface area contributed by atoms with Gasteiger partial charge in [-0.25, -0.2) is 0 Å². The van der Waals surface area contributed by atoms with E-state index in [2.05, 4.69) is 15.3 Å². The number of phenolic OH excluding ortho intramolecular Hbond substituents is 2. The normalized spacial score (nSPS) is 18.2. The second-order valence-corrected chi connectivity index (χ2v) is 13.1. The number of aromatic hydroxyl groups is 2. The molecule has 4 aromatic rings. The van der Waals surface area contributed by atoms with E-state index in [0.717, 1.165) is 53.6 Å². The summed E-state index contributed by atoms with van der Waals surface area (Å²) in [5, 5.41) is 36.1. The maximum absolute atomic E-state index is 14.1. The van der Waals surface area contributed by atoms with Gasteiger partial charge in [0, 0.05) is 12.3 Å². The molecule has 2 aliphatic rings. The zero-order valence-corrected chi connectivity index (χ0v) is 27.1. The van der Waals surface area contributed by atoms with Crippen LogP contribution in [0.15, 0.2) is 78.6 Å². The number of aromatic nitrogens is 2. The van der Waals surface area contributed by atoms with E-state index in [1.807, 2.05) is 30.3 Å². The number of benzene rings is 2. The quantitative estimate of drug-likeness (QED) is 0.0951. The topological polar surface area (TPSA) is 148 Å². The number of fused-ring (bicyclic) bond motifs is 1. The van der Waals surface area contributed by atoms with Gasteiger partial charge >= 0.3 is 0 Å². The van der Waals surface area contributed by atoms with Gasteiger partial charge in [0.15, 0.2) is 11.5 Å². The van der Waals surface area contributed by atoms with Gasteiger partial charge in [-0.15, -0.1) is 5.69 Å². The van der Waals surface area contributed by atoms with Gasteiger partial charge in [-0.2, -0.15) is 6.20 Å². The van der Waals surface area contributed by atoms with Crippen LogP contribution in [-0.4, -0.2) is 50.6 Å². The molecule has 48 heavy (non-hydrogen) atoms. The van der Waals surface area contributed by atoms with E-state index >= 15 is 0 Å². The molecule has 252 valence electrons. The second kappa shape index (κ2) is 15.4. The zero-order chi connectivity index (χ0) is 33.5. The molecule has 2 heterocycles. The van der Waals surface area contributed by atoms with Gasteiger partial charge in [-0.1, -0.05) is 65.6 Å². The Morgan fingerprint density at radius 1 is 1.00 bits per heavy atom. The number of ether oxygens (including phenoxy) is 1. The van der Waals surface area contributed by atoms with Crippen LogP contribution >= 0.6 is 0 Å². The van der Waals surface area contributed by atoms with Gasteiger partial charge in [-0.3, -0.25) is 9.59 Å². The number of nitrogens with zero attached hydrogens (tertiary/aromatic N) is 2. The van der Waals surface area contributed by atoms with Crippen molar-refractivity contribution < 1.29 is 29.6 Å². The number of H-pyrrole nitrogens is 1. The molecule has 0 radical (unpaired) electrons. The largest absolute Gasteiger partial charge is 0.664 e. The average Bonchev–Trinajstić information content (AvgIpc) is 3.87. The van der Waals surface area contributed by atoms with Crippen molar-refractivity contribution in [2.45, 2.75) is 82.3 Å². The van der Waals surface area contributed by atoms with Crippen LogP contribution in [-0.2, 0) is 22.4 Å². The van der Waals surface area contributed by atoms with E-state index in [-0.39, 0.29) is 54.5 Å². The number of aliphatic hydroxyl groups is 1. The summed E-state index contributed by atoms with van der Waals surface area (Å²) >= 11 is 0. The first-order valence-electron chi connectivity index (χ1n) is 16.9. The maximum atomic E-state index is 14.1. The maximum Gasteiger partial charge on any atom is 0.161 e. The molecular formula is C39H43N3O6-2. The number of nitrogens with one attached hydrogen (secondary N) is 1. The summed E-state index contributed by atoms with van der Waals surface area (Å²) in [5.74, 6) is 0.0317. The second-order valence-electron chi connectivity index (χ2n) is 13.1. The lowest BCUT2D eigenvalue weighted by Crippen LogP contribution is -2.32. The zero-order valence-electron chi connectivity index (χ0n) is 27.1. The van der Waals surface area contributed by atoms with Crippen LogP contribution in [0.25, 0.3) is 11.4 Å². The van der Waals surface area contributed by atoms with E-state index in [4.69, 9.17) is 4.74 Å². The summed E-state index contributed by atoms with van der Waals surface area (Å²) in [6.45, 7) is 0.255. The third kappa shape index (κ3) is 8.39. The number of phenols is 2. The van der Waals surface area contributed by atoms with Crippen molar-refractivity contribution in [3.8, 4) is 17.2 Å². The average molecular weight is 650 g/mol. The van der Waals surface area contributed by atoms with Gasteiger partial charge < -0.3 is 35.3 Å². The molecule has 0 unspecified atom stereocenters. The summed E-state index contributed by atoms with van der Waals surface area (Å²) < 4.78 is 6.03. The molecule has 3 atom stereocenters. The molecule has 2 aromatic carbocycles. The van der Waals surface area contributed by atoms with Gasteiger partial charge in [0.1, 0.15) is 17.3 Å². The van der Waals surface area contributed by atoms with Crippen molar-refractivity contribution in [2.75, 3.05) is 6.54 Å². The SMILES string of the molecule is O=C(CCc1ccc(O)c(OC2CCCC2)c1)CC(=O)[C@@H]1C(C[N-]c2ccc[nH]2)=Cc2[n-]ccc2[C@H]1C[C@H](O)CCc1cccc(O)c1. The molecule has 0 amide bonds. The van der Waals surface area contributed by atoms with Gasteiger partial charge in [0.05, 0.1) is 18.6 Å². The first-order valence-corrected chi connectivity index (χ1v) is 16.9. The Hall–Kier alpha value is -4.76. The molecule has 2 aromatic heterocycles. The van der Waals surface area contributed by atoms with E-state index in [1.54, 1.807) is 48.8 Å². The number of hydrogen-bond donors (Lipinski definition) is 4. The van der Waals surface area contributed by atoms with Gasteiger partial charge in [0.2, 0.25) is 0 Å². The Morgan fingerprint density at radius 2 is 1.83 bits per heavy atom.